The topological polar surface area (TPSA) is 203 Å². The summed E-state index contributed by atoms with van der Waals surface area (Å²) in [6, 6.07) is 26.7. The van der Waals surface area contributed by atoms with E-state index in [0.29, 0.717) is 21.8 Å². The molecule has 0 N–H and O–H groups in total. The first kappa shape index (κ1) is 34.1. The molecule has 0 aliphatic rings. The van der Waals surface area contributed by atoms with Gasteiger partial charge >= 0.3 is 18.8 Å². The zero-order chi connectivity index (χ0) is 32.8. The largest absolute Gasteiger partial charge is 3.00 e. The van der Waals surface area contributed by atoms with Crippen molar-refractivity contribution in [2.75, 3.05) is 0 Å². The van der Waals surface area contributed by atoms with Crippen LogP contribution in [0.3, 0.4) is 0 Å². The van der Waals surface area contributed by atoms with Crippen LogP contribution in [0.2, 0.25) is 5.02 Å². The van der Waals surface area contributed by atoms with E-state index in [1.165, 1.54) is 35.0 Å². The number of para-hydroxylation sites is 1. The molecule has 0 fully saturated rings. The molecule has 15 heteroatoms. The first-order valence-electron chi connectivity index (χ1n) is 13.4. The summed E-state index contributed by atoms with van der Waals surface area (Å²) in [6.45, 7) is 1.60. The van der Waals surface area contributed by atoms with Crippen molar-refractivity contribution >= 4 is 50.8 Å². The van der Waals surface area contributed by atoms with Crippen molar-refractivity contribution in [1.29, 1.82) is 0 Å². The minimum Gasteiger partial charge on any atom is -0.871 e. The summed E-state index contributed by atoms with van der Waals surface area (Å²) in [5.41, 5.74) is 0.825. The average molecular weight is 687 g/mol. The summed E-state index contributed by atoms with van der Waals surface area (Å²) in [5.74, 6) is -1.66. The molecular formula is C32H21ClCrN7O6. The van der Waals surface area contributed by atoms with Crippen LogP contribution in [-0.4, -0.2) is 14.7 Å². The minimum absolute atomic E-state index is 0. The summed E-state index contributed by atoms with van der Waals surface area (Å²) in [5, 5.41) is 80.0. The van der Waals surface area contributed by atoms with Crippen molar-refractivity contribution in [2.45, 2.75) is 6.92 Å². The van der Waals surface area contributed by atoms with Gasteiger partial charge in [-0.2, -0.15) is 20.4 Å². The second-order valence-corrected chi connectivity index (χ2v) is 9.98. The van der Waals surface area contributed by atoms with Crippen LogP contribution < -0.4 is 20.4 Å². The molecule has 1 aromatic heterocycles. The maximum absolute atomic E-state index is 12.4. The fourth-order valence-corrected chi connectivity index (χ4v) is 4.34. The molecule has 6 aromatic rings. The summed E-state index contributed by atoms with van der Waals surface area (Å²) in [7, 11) is 0. The second-order valence-electron chi connectivity index (χ2n) is 9.54. The third-order valence-electron chi connectivity index (χ3n) is 6.44. The SMILES string of the molecule is Cc1nn(-c2ccccc2)c([O-])c1N=Nc1ccc([N+](=O)[O-])cc1[O-].[Cr+3].[H+].[O-]c1ccc(Cl)cc1N=Nc1c([O-])ccc2ccccc12. The number of fused-ring (bicyclic) bond motifs is 1. The molecule has 0 amide bonds. The Kier molecular flexibility index (Phi) is 10.9. The molecule has 1 heterocycles. The Labute approximate surface area is 284 Å². The van der Waals surface area contributed by atoms with Gasteiger partial charge in [-0.25, -0.2) is 4.68 Å². The van der Waals surface area contributed by atoms with Gasteiger partial charge in [0.1, 0.15) is 5.69 Å². The zero-order valence-electron chi connectivity index (χ0n) is 25.2. The number of hydrogen-bond acceptors (Lipinski definition) is 11. The molecule has 0 unspecified atom stereocenters. The van der Waals surface area contributed by atoms with Crippen molar-refractivity contribution in [3.8, 4) is 28.8 Å². The number of nitrogens with zero attached hydrogens (tertiary/aromatic N) is 7. The van der Waals surface area contributed by atoms with Gasteiger partial charge in [0, 0.05) is 28.4 Å². The number of non-ortho nitro benzene ring substituents is 1. The molecular weight excluding hydrogens is 666 g/mol. The number of halogens is 1. The Hall–Kier alpha value is -5.81. The predicted octanol–water partition coefficient (Wildman–Crippen LogP) is 6.82. The Morgan fingerprint density at radius 2 is 1.38 bits per heavy atom. The molecule has 47 heavy (non-hydrogen) atoms. The number of benzene rings is 5. The second kappa shape index (κ2) is 15.0. The molecule has 0 saturated heterocycles. The van der Waals surface area contributed by atoms with Crippen LogP contribution in [0.25, 0.3) is 16.5 Å². The van der Waals surface area contributed by atoms with Gasteiger partial charge in [0.2, 0.25) is 0 Å². The monoisotopic (exact) mass is 686 g/mol. The van der Waals surface area contributed by atoms with Crippen molar-refractivity contribution in [2.24, 2.45) is 20.5 Å². The van der Waals surface area contributed by atoms with Gasteiger partial charge in [0.15, 0.2) is 0 Å². The Morgan fingerprint density at radius 3 is 2.11 bits per heavy atom. The van der Waals surface area contributed by atoms with Gasteiger partial charge in [-0.15, -0.1) is 5.11 Å². The van der Waals surface area contributed by atoms with Crippen LogP contribution in [0, 0.1) is 17.0 Å². The normalized spacial score (nSPS) is 10.9. The minimum atomic E-state index is -0.674. The van der Waals surface area contributed by atoms with Gasteiger partial charge in [-0.1, -0.05) is 89.5 Å². The molecule has 0 spiro atoms. The van der Waals surface area contributed by atoms with E-state index >= 15 is 0 Å². The Balaban J connectivity index is 0.000000253. The summed E-state index contributed by atoms with van der Waals surface area (Å²) < 4.78 is 1.19. The van der Waals surface area contributed by atoms with E-state index in [9.17, 15) is 30.5 Å². The summed E-state index contributed by atoms with van der Waals surface area (Å²) in [6.07, 6.45) is 0. The van der Waals surface area contributed by atoms with Crippen molar-refractivity contribution in [1.82, 2.24) is 9.78 Å². The summed E-state index contributed by atoms with van der Waals surface area (Å²) in [4.78, 5) is 9.96. The van der Waals surface area contributed by atoms with Crippen LogP contribution in [-0.2, 0) is 17.4 Å². The molecule has 6 rings (SSSR count). The van der Waals surface area contributed by atoms with E-state index in [1.54, 1.807) is 43.3 Å². The fourth-order valence-electron chi connectivity index (χ4n) is 4.17. The standard InChI is InChI=1S/C16H11ClN2O2.C16H13N5O4.Cr/c17-11-6-8-14(20)13(9-11)18-19-16-12-4-2-1-3-10(12)5-7-15(16)21;1-10-15(16(23)20(19-10)11-5-3-2-4-6-11)18-17-13-8-7-12(21(24)25)9-14(13)22;/h1-9,20-21H;2-9,22-23H,1H3;/q;;+3/p-3. The molecule has 5 aromatic carbocycles. The van der Waals surface area contributed by atoms with E-state index < -0.39 is 16.6 Å². The zero-order valence-corrected chi connectivity index (χ0v) is 26.2. The smallest absolute Gasteiger partial charge is 0.871 e. The maximum Gasteiger partial charge on any atom is 3.00 e. The van der Waals surface area contributed by atoms with E-state index in [1.807, 2.05) is 24.3 Å². The van der Waals surface area contributed by atoms with Crippen molar-refractivity contribution in [3.63, 3.8) is 0 Å². The molecule has 13 nitrogen and oxygen atoms in total. The van der Waals surface area contributed by atoms with Gasteiger partial charge in [0.25, 0.3) is 5.69 Å². The van der Waals surface area contributed by atoms with Crippen LogP contribution in [0.4, 0.5) is 28.4 Å². The van der Waals surface area contributed by atoms with Crippen LogP contribution in [0.1, 0.15) is 7.12 Å². The van der Waals surface area contributed by atoms with Gasteiger partial charge < -0.3 is 20.4 Å². The van der Waals surface area contributed by atoms with Crippen LogP contribution in [0.15, 0.2) is 124 Å². The van der Waals surface area contributed by atoms with E-state index in [-0.39, 0.29) is 58.7 Å². The van der Waals surface area contributed by atoms with Crippen molar-refractivity contribution < 1.29 is 44.1 Å². The van der Waals surface area contributed by atoms with Gasteiger partial charge in [0.05, 0.1) is 33.4 Å². The average Bonchev–Trinajstić information content (AvgIpc) is 3.34. The maximum atomic E-state index is 12.4. The number of aromatic nitrogens is 2. The number of aryl methyl sites for hydroxylation is 1. The third-order valence-corrected chi connectivity index (χ3v) is 6.68. The number of hydrogen-bond donors (Lipinski definition) is 0. The quantitative estimate of drug-likeness (QED) is 0.104. The van der Waals surface area contributed by atoms with Crippen LogP contribution in [0.5, 0.6) is 23.1 Å². The molecule has 1 radical (unpaired) electrons. The Bertz CT molecular complexity index is 2130. The van der Waals surface area contributed by atoms with E-state index in [2.05, 4.69) is 25.6 Å². The van der Waals surface area contributed by atoms with Gasteiger partial charge in [-0.05, 0) is 42.6 Å². The molecule has 233 valence electrons. The van der Waals surface area contributed by atoms with E-state index in [4.69, 9.17) is 11.6 Å². The first-order valence-corrected chi connectivity index (χ1v) is 13.8. The van der Waals surface area contributed by atoms with Crippen molar-refractivity contribution in [3.05, 3.63) is 124 Å². The first-order chi connectivity index (χ1) is 22.1. The summed E-state index contributed by atoms with van der Waals surface area (Å²) >= 11 is 5.82. The molecule has 0 aliphatic heterocycles. The van der Waals surface area contributed by atoms with Gasteiger partial charge in [-0.3, -0.25) is 10.1 Å². The number of azo groups is 2. The predicted molar refractivity (Wildman–Crippen MR) is 164 cm³/mol. The fraction of sp³-hybridized carbons (Fsp3) is 0.0312. The van der Waals surface area contributed by atoms with E-state index in [0.717, 1.165) is 17.5 Å². The number of nitro groups is 1. The molecule has 0 saturated carbocycles. The van der Waals surface area contributed by atoms with Crippen LogP contribution >= 0.6 is 11.6 Å². The number of rotatable bonds is 6. The molecule has 0 bridgehead atoms. The number of nitro benzene ring substituents is 1. The molecule has 0 aliphatic carbocycles. The third kappa shape index (κ3) is 7.89. The molecule has 0 atom stereocenters. The Morgan fingerprint density at radius 1 is 0.723 bits per heavy atom.